The van der Waals surface area contributed by atoms with Crippen LogP contribution in [0.3, 0.4) is 0 Å². The monoisotopic (exact) mass is 313 g/mol. The van der Waals surface area contributed by atoms with Crippen molar-refractivity contribution in [1.29, 1.82) is 0 Å². The van der Waals surface area contributed by atoms with Crippen molar-refractivity contribution in [3.63, 3.8) is 0 Å². The lowest BCUT2D eigenvalue weighted by Crippen LogP contribution is -2.10. The Hall–Kier alpha value is -2.80. The highest BCUT2D eigenvalue weighted by atomic mass is 32.2. The summed E-state index contributed by atoms with van der Waals surface area (Å²) in [6.45, 7) is 0. The third kappa shape index (κ3) is 2.94. The molecule has 0 saturated carbocycles. The average molecular weight is 313 g/mol. The number of hydrogen-bond acceptors (Lipinski definition) is 6. The predicted octanol–water partition coefficient (Wildman–Crippen LogP) is 2.31. The van der Waals surface area contributed by atoms with Gasteiger partial charge in [-0.05, 0) is 24.3 Å². The topological polar surface area (TPSA) is 82.0 Å². The van der Waals surface area contributed by atoms with E-state index in [2.05, 4.69) is 15.0 Å². The summed E-state index contributed by atoms with van der Waals surface area (Å²) in [5.41, 5.74) is 0.476. The molecule has 0 N–H and O–H groups in total. The summed E-state index contributed by atoms with van der Waals surface area (Å²) in [5, 5.41) is 0. The Balaban J connectivity index is 2.01. The Morgan fingerprint density at radius 2 is 1.45 bits per heavy atom. The summed E-state index contributed by atoms with van der Waals surface area (Å²) in [6.07, 6.45) is 2.68. The molecule has 0 aliphatic carbocycles. The van der Waals surface area contributed by atoms with Crippen molar-refractivity contribution in [2.75, 3.05) is 0 Å². The van der Waals surface area contributed by atoms with E-state index in [1.165, 1.54) is 24.8 Å². The van der Waals surface area contributed by atoms with Crippen LogP contribution in [0, 0.1) is 0 Å². The number of para-hydroxylation sites is 1. The van der Waals surface area contributed by atoms with E-state index in [4.69, 9.17) is 4.18 Å². The highest BCUT2D eigenvalue weighted by molar-refractivity contribution is 7.87. The lowest BCUT2D eigenvalue weighted by molar-refractivity contribution is 0.486. The van der Waals surface area contributed by atoms with Crippen LogP contribution in [0.1, 0.15) is 0 Å². The molecule has 0 saturated heterocycles. The fourth-order valence-electron chi connectivity index (χ4n) is 1.86. The molecule has 2 aromatic carbocycles. The first-order valence-corrected chi connectivity index (χ1v) is 7.78. The first-order chi connectivity index (χ1) is 10.7. The largest absolute Gasteiger partial charge is 0.378 e. The Kier molecular flexibility index (Phi) is 3.80. The first kappa shape index (κ1) is 14.2. The molecule has 6 nitrogen and oxygen atoms in total. The summed E-state index contributed by atoms with van der Waals surface area (Å²) < 4.78 is 29.9. The second-order valence-corrected chi connectivity index (χ2v) is 5.85. The standard InChI is InChI=1S/C15H11N3O3S/c19-22(20,12-6-2-1-3-7-12)21-14-9-5-4-8-13(14)15-17-10-16-11-18-15/h1-11H. The smallest absolute Gasteiger partial charge is 0.339 e. The number of aromatic nitrogens is 3. The minimum atomic E-state index is -3.92. The highest BCUT2D eigenvalue weighted by Crippen LogP contribution is 2.29. The van der Waals surface area contributed by atoms with Crippen LogP contribution >= 0.6 is 0 Å². The molecule has 0 aliphatic rings. The molecule has 3 rings (SSSR count). The maximum Gasteiger partial charge on any atom is 0.339 e. The van der Waals surface area contributed by atoms with Crippen molar-refractivity contribution in [1.82, 2.24) is 15.0 Å². The normalized spacial score (nSPS) is 11.1. The van der Waals surface area contributed by atoms with E-state index in [0.717, 1.165) is 0 Å². The SMILES string of the molecule is O=S(=O)(Oc1ccccc1-c1ncncn1)c1ccccc1. The molecule has 1 heterocycles. The zero-order valence-electron chi connectivity index (χ0n) is 11.3. The van der Waals surface area contributed by atoms with Crippen LogP contribution in [-0.4, -0.2) is 23.4 Å². The fourth-order valence-corrected chi connectivity index (χ4v) is 2.82. The molecule has 0 atom stereocenters. The van der Waals surface area contributed by atoms with Crippen LogP contribution in [0.15, 0.2) is 72.1 Å². The molecule has 0 unspecified atom stereocenters. The summed E-state index contributed by atoms with van der Waals surface area (Å²) in [4.78, 5) is 11.9. The van der Waals surface area contributed by atoms with Crippen LogP contribution in [0.2, 0.25) is 0 Å². The van der Waals surface area contributed by atoms with Crippen molar-refractivity contribution in [3.8, 4) is 17.1 Å². The zero-order chi connectivity index (χ0) is 15.4. The lowest BCUT2D eigenvalue weighted by Gasteiger charge is -2.10. The van der Waals surface area contributed by atoms with Gasteiger partial charge in [-0.15, -0.1) is 0 Å². The van der Waals surface area contributed by atoms with Gasteiger partial charge in [-0.1, -0.05) is 30.3 Å². The number of nitrogens with zero attached hydrogens (tertiary/aromatic N) is 3. The van der Waals surface area contributed by atoms with Crippen LogP contribution in [-0.2, 0) is 10.1 Å². The van der Waals surface area contributed by atoms with E-state index >= 15 is 0 Å². The molecule has 0 spiro atoms. The van der Waals surface area contributed by atoms with E-state index in [1.807, 2.05) is 0 Å². The fraction of sp³-hybridized carbons (Fsp3) is 0. The Bertz CT molecular complexity index is 869. The number of benzene rings is 2. The molecular weight excluding hydrogens is 302 g/mol. The van der Waals surface area contributed by atoms with Crippen LogP contribution in [0.4, 0.5) is 0 Å². The summed E-state index contributed by atoms with van der Waals surface area (Å²) >= 11 is 0. The van der Waals surface area contributed by atoms with Gasteiger partial charge in [0.05, 0.1) is 5.56 Å². The van der Waals surface area contributed by atoms with Gasteiger partial charge in [-0.3, -0.25) is 0 Å². The van der Waals surface area contributed by atoms with Gasteiger partial charge in [-0.25, -0.2) is 15.0 Å². The molecule has 7 heteroatoms. The summed E-state index contributed by atoms with van der Waals surface area (Å²) in [5.74, 6) is 0.506. The second kappa shape index (κ2) is 5.90. The van der Waals surface area contributed by atoms with E-state index in [-0.39, 0.29) is 10.6 Å². The Labute approximate surface area is 127 Å². The molecule has 0 aliphatic heterocycles. The van der Waals surface area contributed by atoms with Gasteiger partial charge in [-0.2, -0.15) is 8.42 Å². The van der Waals surface area contributed by atoms with Gasteiger partial charge in [0.2, 0.25) is 0 Å². The lowest BCUT2D eigenvalue weighted by atomic mass is 10.2. The van der Waals surface area contributed by atoms with Gasteiger partial charge in [0.15, 0.2) is 11.6 Å². The first-order valence-electron chi connectivity index (χ1n) is 6.38. The van der Waals surface area contributed by atoms with Crippen molar-refractivity contribution in [3.05, 3.63) is 67.3 Å². The van der Waals surface area contributed by atoms with Crippen molar-refractivity contribution < 1.29 is 12.6 Å². The van der Waals surface area contributed by atoms with Crippen molar-refractivity contribution in [2.45, 2.75) is 4.90 Å². The van der Waals surface area contributed by atoms with Crippen molar-refractivity contribution >= 4 is 10.1 Å². The maximum atomic E-state index is 12.3. The minimum absolute atomic E-state index is 0.0837. The highest BCUT2D eigenvalue weighted by Gasteiger charge is 2.19. The second-order valence-electron chi connectivity index (χ2n) is 4.31. The molecule has 110 valence electrons. The van der Waals surface area contributed by atoms with Crippen molar-refractivity contribution in [2.24, 2.45) is 0 Å². The molecule has 0 amide bonds. The van der Waals surface area contributed by atoms with E-state index in [0.29, 0.717) is 11.4 Å². The number of rotatable bonds is 4. The van der Waals surface area contributed by atoms with Crippen LogP contribution in [0.5, 0.6) is 5.75 Å². The molecule has 0 fully saturated rings. The van der Waals surface area contributed by atoms with Gasteiger partial charge >= 0.3 is 10.1 Å². The molecule has 1 aromatic heterocycles. The van der Waals surface area contributed by atoms with Crippen LogP contribution < -0.4 is 4.18 Å². The minimum Gasteiger partial charge on any atom is -0.378 e. The predicted molar refractivity (Wildman–Crippen MR) is 79.5 cm³/mol. The molecule has 0 radical (unpaired) electrons. The van der Waals surface area contributed by atoms with E-state index in [1.54, 1.807) is 42.5 Å². The van der Waals surface area contributed by atoms with E-state index < -0.39 is 10.1 Å². The van der Waals surface area contributed by atoms with Gasteiger partial charge < -0.3 is 4.18 Å². The van der Waals surface area contributed by atoms with Gasteiger partial charge in [0, 0.05) is 0 Å². The molecule has 3 aromatic rings. The Morgan fingerprint density at radius 1 is 0.818 bits per heavy atom. The third-order valence-corrected chi connectivity index (χ3v) is 4.10. The molecule has 0 bridgehead atoms. The van der Waals surface area contributed by atoms with Gasteiger partial charge in [0.25, 0.3) is 0 Å². The van der Waals surface area contributed by atoms with Crippen LogP contribution in [0.25, 0.3) is 11.4 Å². The van der Waals surface area contributed by atoms with E-state index in [9.17, 15) is 8.42 Å². The maximum absolute atomic E-state index is 12.3. The summed E-state index contributed by atoms with van der Waals surface area (Å²) in [7, 11) is -3.92. The summed E-state index contributed by atoms with van der Waals surface area (Å²) in [6, 6.07) is 14.6. The van der Waals surface area contributed by atoms with Gasteiger partial charge in [0.1, 0.15) is 17.6 Å². The zero-order valence-corrected chi connectivity index (χ0v) is 12.1. The average Bonchev–Trinajstić information content (AvgIpc) is 2.57. The number of hydrogen-bond donors (Lipinski definition) is 0. The molecule has 22 heavy (non-hydrogen) atoms. The molecular formula is C15H11N3O3S. The quantitative estimate of drug-likeness (QED) is 0.687. The third-order valence-electron chi connectivity index (χ3n) is 2.85. The Morgan fingerprint density at radius 3 is 2.18 bits per heavy atom.